The van der Waals surface area contributed by atoms with Crippen LogP contribution in [0.3, 0.4) is 0 Å². The maximum atomic E-state index is 2.38. The molecule has 2 heterocycles. The maximum absolute atomic E-state index is 2.38. The molecule has 0 aliphatic rings. The van der Waals surface area contributed by atoms with E-state index in [2.05, 4.69) is 116 Å². The summed E-state index contributed by atoms with van der Waals surface area (Å²) in [6, 6.07) is 23.9. The molecular weight excluding hydrogens is 340 g/mol. The lowest BCUT2D eigenvalue weighted by Crippen LogP contribution is -2.36. The number of hydrogen-bond donors (Lipinski definition) is 0. The van der Waals surface area contributed by atoms with Gasteiger partial charge in [0, 0.05) is 40.7 Å². The zero-order valence-electron chi connectivity index (χ0n) is 17.1. The second-order valence-electron chi connectivity index (χ2n) is 7.40. The van der Waals surface area contributed by atoms with E-state index in [-0.39, 0.29) is 0 Å². The minimum absolute atomic E-state index is 0.948. The molecule has 0 amide bonds. The first-order chi connectivity index (χ1) is 13.6. The van der Waals surface area contributed by atoms with E-state index in [0.29, 0.717) is 0 Å². The topological polar surface area (TPSA) is 8.81 Å². The third kappa shape index (κ3) is 3.27. The summed E-state index contributed by atoms with van der Waals surface area (Å²) >= 11 is 0. The molecule has 2 aromatic heterocycles. The van der Waals surface area contributed by atoms with Gasteiger partial charge in [-0.3, -0.25) is 0 Å². The van der Waals surface area contributed by atoms with Crippen LogP contribution in [0, 0.1) is 20.8 Å². The van der Waals surface area contributed by atoms with Crippen molar-refractivity contribution >= 4 is 23.1 Å². The third-order valence-electron chi connectivity index (χ3n) is 5.45. The zero-order valence-corrected chi connectivity index (χ0v) is 17.1. The molecule has 2 nitrogen and oxygen atoms in total. The highest BCUT2D eigenvalue weighted by Crippen LogP contribution is 2.22. The van der Waals surface area contributed by atoms with Crippen LogP contribution in [0.5, 0.6) is 0 Å². The highest BCUT2D eigenvalue weighted by Gasteiger charge is 2.13. The van der Waals surface area contributed by atoms with Crippen molar-refractivity contribution in [3.8, 4) is 5.69 Å². The Labute approximate surface area is 167 Å². The van der Waals surface area contributed by atoms with E-state index in [9.17, 15) is 0 Å². The van der Waals surface area contributed by atoms with Crippen molar-refractivity contribution in [2.75, 3.05) is 0 Å². The van der Waals surface area contributed by atoms with Gasteiger partial charge in [0.2, 0.25) is 11.2 Å². The van der Waals surface area contributed by atoms with Gasteiger partial charge in [0.25, 0.3) is 0 Å². The zero-order chi connectivity index (χ0) is 19.7. The Morgan fingerprint density at radius 2 is 1.64 bits per heavy atom. The number of hydrogen-bond acceptors (Lipinski definition) is 0. The largest absolute Gasteiger partial charge is 0.318 e. The van der Waals surface area contributed by atoms with Gasteiger partial charge in [-0.15, -0.1) is 0 Å². The van der Waals surface area contributed by atoms with Crippen molar-refractivity contribution in [1.82, 2.24) is 4.57 Å². The smallest absolute Gasteiger partial charge is 0.212 e. The average Bonchev–Trinajstić information content (AvgIpc) is 2.99. The van der Waals surface area contributed by atoms with Crippen LogP contribution < -0.4 is 4.57 Å². The molecule has 28 heavy (non-hydrogen) atoms. The first-order valence-corrected chi connectivity index (χ1v) is 9.94. The van der Waals surface area contributed by atoms with E-state index in [1.165, 1.54) is 44.8 Å². The second-order valence-corrected chi connectivity index (χ2v) is 7.40. The first kappa shape index (κ1) is 18.2. The van der Waals surface area contributed by atoms with Crippen LogP contribution in [0.1, 0.15) is 35.1 Å². The molecule has 0 N–H and O–H groups in total. The molecule has 0 radical (unpaired) electrons. The molecule has 0 bridgehead atoms. The fourth-order valence-electron chi connectivity index (χ4n) is 4.06. The first-order valence-electron chi connectivity index (χ1n) is 9.94. The van der Waals surface area contributed by atoms with Crippen LogP contribution in [0.4, 0.5) is 0 Å². The Morgan fingerprint density at radius 1 is 0.857 bits per heavy atom. The van der Waals surface area contributed by atoms with Gasteiger partial charge in [-0.05, 0) is 69.7 Å². The minimum atomic E-state index is 0.948. The van der Waals surface area contributed by atoms with Gasteiger partial charge >= 0.3 is 0 Å². The summed E-state index contributed by atoms with van der Waals surface area (Å²) in [6.07, 6.45) is 4.48. The van der Waals surface area contributed by atoms with Gasteiger partial charge in [0.1, 0.15) is 6.54 Å². The summed E-state index contributed by atoms with van der Waals surface area (Å²) in [7, 11) is 0. The van der Waals surface area contributed by atoms with Crippen LogP contribution in [0.25, 0.3) is 28.7 Å². The molecule has 4 rings (SSSR count). The van der Waals surface area contributed by atoms with E-state index in [4.69, 9.17) is 0 Å². The molecule has 4 aromatic rings. The summed E-state index contributed by atoms with van der Waals surface area (Å²) in [5.74, 6) is 0. The molecule has 140 valence electrons. The number of rotatable bonds is 4. The van der Waals surface area contributed by atoms with Gasteiger partial charge in [-0.25, -0.2) is 0 Å². The number of aromatic nitrogens is 2. The highest BCUT2D eigenvalue weighted by atomic mass is 15.0. The summed E-state index contributed by atoms with van der Waals surface area (Å²) in [6.45, 7) is 9.66. The van der Waals surface area contributed by atoms with E-state index in [1.807, 2.05) is 0 Å². The summed E-state index contributed by atoms with van der Waals surface area (Å²) < 4.78 is 4.69. The normalized spacial score (nSPS) is 11.6. The third-order valence-corrected chi connectivity index (χ3v) is 5.45. The van der Waals surface area contributed by atoms with Crippen LogP contribution in [0.2, 0.25) is 0 Å². The van der Waals surface area contributed by atoms with Crippen molar-refractivity contribution in [3.05, 3.63) is 94.9 Å². The number of benzene rings is 2. The van der Waals surface area contributed by atoms with Crippen LogP contribution >= 0.6 is 0 Å². The van der Waals surface area contributed by atoms with Crippen molar-refractivity contribution in [2.24, 2.45) is 0 Å². The molecule has 0 saturated heterocycles. The summed E-state index contributed by atoms with van der Waals surface area (Å²) in [5, 5.41) is 1.29. The van der Waals surface area contributed by atoms with E-state index < -0.39 is 0 Å². The molecule has 2 heteroatoms. The fourth-order valence-corrected chi connectivity index (χ4v) is 4.06. The van der Waals surface area contributed by atoms with Gasteiger partial charge in [0.05, 0.1) is 0 Å². The van der Waals surface area contributed by atoms with Crippen molar-refractivity contribution in [2.45, 2.75) is 34.2 Å². The second kappa shape index (κ2) is 7.47. The maximum Gasteiger partial charge on any atom is 0.212 e. The fraction of sp³-hybridized carbons (Fsp3) is 0.192. The summed E-state index contributed by atoms with van der Waals surface area (Å²) in [5.41, 5.74) is 8.79. The molecule has 0 unspecified atom stereocenters. The molecule has 0 aliphatic heterocycles. The predicted molar refractivity (Wildman–Crippen MR) is 119 cm³/mol. The molecule has 0 spiro atoms. The van der Waals surface area contributed by atoms with Gasteiger partial charge in [0.15, 0.2) is 0 Å². The average molecular weight is 368 g/mol. The van der Waals surface area contributed by atoms with Crippen molar-refractivity contribution in [3.63, 3.8) is 0 Å². The molecule has 0 aliphatic carbocycles. The Kier molecular flexibility index (Phi) is 4.87. The van der Waals surface area contributed by atoms with E-state index in [0.717, 1.165) is 6.54 Å². The molecule has 0 fully saturated rings. The monoisotopic (exact) mass is 367 g/mol. The lowest BCUT2D eigenvalue weighted by molar-refractivity contribution is -0.669. The number of para-hydroxylation sites is 1. The van der Waals surface area contributed by atoms with Gasteiger partial charge in [-0.1, -0.05) is 29.8 Å². The van der Waals surface area contributed by atoms with Crippen LogP contribution in [-0.4, -0.2) is 4.57 Å². The van der Waals surface area contributed by atoms with E-state index >= 15 is 0 Å². The number of pyridine rings is 1. The number of nitrogens with zero attached hydrogens (tertiary/aromatic N) is 2. The molecule has 0 atom stereocenters. The Morgan fingerprint density at radius 3 is 2.39 bits per heavy atom. The van der Waals surface area contributed by atoms with E-state index in [1.54, 1.807) is 0 Å². The SMILES string of the molecule is CC[n+]1c(/C=C/c2cc(C)n(-c3ccccc3)c2C)ccc2cc(C)ccc21. The minimum Gasteiger partial charge on any atom is -0.318 e. The predicted octanol–water partition coefficient (Wildman–Crippen LogP) is 6.03. The highest BCUT2D eigenvalue weighted by molar-refractivity contribution is 5.78. The molecule has 2 aromatic carbocycles. The quantitative estimate of drug-likeness (QED) is 0.389. The Bertz CT molecular complexity index is 1160. The standard InChI is InChI=1S/C26H27N2/c1-5-27-24(15-13-23-17-19(2)11-16-26(23)27)14-12-22-18-20(3)28(21(22)4)25-9-7-6-8-10-25/h6-18H,5H2,1-4H3/q+1. The van der Waals surface area contributed by atoms with Gasteiger partial charge in [-0.2, -0.15) is 4.57 Å². The van der Waals surface area contributed by atoms with Gasteiger partial charge < -0.3 is 4.57 Å². The van der Waals surface area contributed by atoms with Crippen molar-refractivity contribution in [1.29, 1.82) is 0 Å². The van der Waals surface area contributed by atoms with Crippen LogP contribution in [0.15, 0.2) is 66.7 Å². The van der Waals surface area contributed by atoms with Crippen LogP contribution in [-0.2, 0) is 6.54 Å². The Hall–Kier alpha value is -3.13. The number of aryl methyl sites for hydroxylation is 3. The lowest BCUT2D eigenvalue weighted by Gasteiger charge is -2.09. The summed E-state index contributed by atoms with van der Waals surface area (Å²) in [4.78, 5) is 0. The lowest BCUT2D eigenvalue weighted by atomic mass is 10.1. The molecule has 0 saturated carbocycles. The Balaban J connectivity index is 1.75. The molecular formula is C26H27N2+. The number of fused-ring (bicyclic) bond motifs is 1. The van der Waals surface area contributed by atoms with Crippen molar-refractivity contribution < 1.29 is 4.57 Å².